The van der Waals surface area contributed by atoms with Crippen molar-refractivity contribution in [2.24, 2.45) is 0 Å². The van der Waals surface area contributed by atoms with Crippen LogP contribution in [-0.4, -0.2) is 41.4 Å². The molecule has 0 saturated carbocycles. The predicted molar refractivity (Wildman–Crippen MR) is 58.4 cm³/mol. The molecule has 5 nitrogen and oxygen atoms in total. The van der Waals surface area contributed by atoms with Crippen molar-refractivity contribution in [3.05, 3.63) is 17.0 Å². The fraction of sp³-hybridized carbons (Fsp3) is 0.556. The van der Waals surface area contributed by atoms with Crippen LogP contribution < -0.4 is 5.32 Å². The second-order valence-corrected chi connectivity index (χ2v) is 3.73. The lowest BCUT2D eigenvalue weighted by Crippen LogP contribution is -2.24. The normalized spacial score (nSPS) is 13.4. The molecule has 0 radical (unpaired) electrons. The Morgan fingerprint density at radius 3 is 2.72 bits per heavy atom. The monoisotopic (exact) mass is 285 g/mol. The molecule has 18 heavy (non-hydrogen) atoms. The van der Waals surface area contributed by atoms with Crippen LogP contribution in [0.1, 0.15) is 5.69 Å². The van der Waals surface area contributed by atoms with E-state index in [0.717, 1.165) is 0 Å². The summed E-state index contributed by atoms with van der Waals surface area (Å²) >= 11 is 5.38. The largest absolute Gasteiger partial charge is 0.433 e. The van der Waals surface area contributed by atoms with Crippen LogP contribution in [0.2, 0.25) is 5.28 Å². The van der Waals surface area contributed by atoms with Gasteiger partial charge in [-0.3, -0.25) is 0 Å². The smallest absolute Gasteiger partial charge is 0.389 e. The lowest BCUT2D eigenvalue weighted by molar-refractivity contribution is -0.141. The third kappa shape index (κ3) is 4.63. The zero-order chi connectivity index (χ0) is 13.8. The maximum Gasteiger partial charge on any atom is 0.433 e. The molecule has 1 rings (SSSR count). The van der Waals surface area contributed by atoms with Crippen LogP contribution in [0.15, 0.2) is 6.07 Å². The van der Waals surface area contributed by atoms with E-state index < -0.39 is 23.3 Å². The second kappa shape index (κ2) is 6.17. The SMILES string of the molecule is COCC(O)CNc1cc(C(F)(F)F)nc(Cl)n1. The van der Waals surface area contributed by atoms with Crippen LogP contribution in [-0.2, 0) is 10.9 Å². The van der Waals surface area contributed by atoms with Gasteiger partial charge < -0.3 is 15.2 Å². The minimum absolute atomic E-state index is 0.0154. The van der Waals surface area contributed by atoms with Gasteiger partial charge in [-0.2, -0.15) is 13.2 Å². The van der Waals surface area contributed by atoms with Gasteiger partial charge in [0.25, 0.3) is 0 Å². The molecule has 0 aliphatic rings. The van der Waals surface area contributed by atoms with E-state index in [4.69, 9.17) is 11.6 Å². The van der Waals surface area contributed by atoms with Gasteiger partial charge in [-0.15, -0.1) is 0 Å². The Bertz CT molecular complexity index is 403. The number of rotatable bonds is 5. The van der Waals surface area contributed by atoms with Gasteiger partial charge in [0.05, 0.1) is 12.7 Å². The fourth-order valence-corrected chi connectivity index (χ4v) is 1.31. The van der Waals surface area contributed by atoms with E-state index in [1.165, 1.54) is 7.11 Å². The maximum absolute atomic E-state index is 12.4. The maximum atomic E-state index is 12.4. The second-order valence-electron chi connectivity index (χ2n) is 3.40. The number of hydrogen-bond acceptors (Lipinski definition) is 5. The Balaban J connectivity index is 2.75. The molecule has 1 aromatic rings. The zero-order valence-electron chi connectivity index (χ0n) is 9.33. The summed E-state index contributed by atoms with van der Waals surface area (Å²) in [5.41, 5.74) is -1.15. The molecule has 1 atom stereocenters. The Labute approximate surface area is 106 Å². The standard InChI is InChI=1S/C9H11ClF3N3O2/c1-18-4-5(17)3-14-7-2-6(9(11,12)13)15-8(10)16-7/h2,5,17H,3-4H2,1H3,(H,14,15,16). The van der Waals surface area contributed by atoms with Gasteiger partial charge in [0, 0.05) is 19.7 Å². The summed E-state index contributed by atoms with van der Waals surface area (Å²) in [5.74, 6) is -0.113. The van der Waals surface area contributed by atoms with Crippen molar-refractivity contribution >= 4 is 17.4 Å². The number of anilines is 1. The minimum atomic E-state index is -4.60. The van der Waals surface area contributed by atoms with Crippen LogP contribution in [0.3, 0.4) is 0 Å². The van der Waals surface area contributed by atoms with Gasteiger partial charge in [-0.1, -0.05) is 0 Å². The minimum Gasteiger partial charge on any atom is -0.389 e. The Hall–Kier alpha value is -1.12. The first-order chi connectivity index (χ1) is 8.32. The van der Waals surface area contributed by atoms with Gasteiger partial charge in [0.1, 0.15) is 5.82 Å². The van der Waals surface area contributed by atoms with Crippen molar-refractivity contribution < 1.29 is 23.0 Å². The summed E-state index contributed by atoms with van der Waals surface area (Å²) < 4.78 is 41.9. The van der Waals surface area contributed by atoms with Crippen LogP contribution in [0, 0.1) is 0 Å². The van der Waals surface area contributed by atoms with Gasteiger partial charge in [0.2, 0.25) is 5.28 Å². The van der Waals surface area contributed by atoms with Crippen molar-refractivity contribution in [1.82, 2.24) is 9.97 Å². The molecule has 0 fully saturated rings. The number of nitrogens with zero attached hydrogens (tertiary/aromatic N) is 2. The van der Waals surface area contributed by atoms with Crippen molar-refractivity contribution in [2.45, 2.75) is 12.3 Å². The highest BCUT2D eigenvalue weighted by Crippen LogP contribution is 2.29. The first-order valence-corrected chi connectivity index (χ1v) is 5.23. The number of methoxy groups -OCH3 is 1. The summed E-state index contributed by atoms with van der Waals surface area (Å²) in [6.07, 6.45) is -5.47. The van der Waals surface area contributed by atoms with Crippen LogP contribution >= 0.6 is 11.6 Å². The average Bonchev–Trinajstić information content (AvgIpc) is 2.25. The summed E-state index contributed by atoms with van der Waals surface area (Å²) in [6, 6.07) is 0.714. The number of ether oxygens (including phenoxy) is 1. The summed E-state index contributed by atoms with van der Waals surface area (Å²) in [6.45, 7) is 0.0381. The molecule has 102 valence electrons. The molecule has 1 aromatic heterocycles. The van der Waals surface area contributed by atoms with E-state index in [9.17, 15) is 18.3 Å². The molecule has 1 heterocycles. The topological polar surface area (TPSA) is 67.3 Å². The summed E-state index contributed by atoms with van der Waals surface area (Å²) in [5, 5.41) is 11.3. The van der Waals surface area contributed by atoms with Gasteiger partial charge in [-0.05, 0) is 11.6 Å². The van der Waals surface area contributed by atoms with Crippen LogP contribution in [0.4, 0.5) is 19.0 Å². The van der Waals surface area contributed by atoms with Gasteiger partial charge in [-0.25, -0.2) is 9.97 Å². The van der Waals surface area contributed by atoms with Crippen molar-refractivity contribution in [3.63, 3.8) is 0 Å². The highest BCUT2D eigenvalue weighted by atomic mass is 35.5. The highest BCUT2D eigenvalue weighted by Gasteiger charge is 2.33. The van der Waals surface area contributed by atoms with Crippen molar-refractivity contribution in [3.8, 4) is 0 Å². The number of aromatic nitrogens is 2. The van der Waals surface area contributed by atoms with Gasteiger partial charge >= 0.3 is 6.18 Å². The highest BCUT2D eigenvalue weighted by molar-refractivity contribution is 6.28. The van der Waals surface area contributed by atoms with Crippen LogP contribution in [0.25, 0.3) is 0 Å². The fourth-order valence-electron chi connectivity index (χ4n) is 1.13. The molecule has 0 bridgehead atoms. The number of halogens is 4. The average molecular weight is 286 g/mol. The number of aliphatic hydroxyl groups is 1. The van der Waals surface area contributed by atoms with E-state index in [1.54, 1.807) is 0 Å². The zero-order valence-corrected chi connectivity index (χ0v) is 10.1. The molecule has 0 saturated heterocycles. The Morgan fingerprint density at radius 1 is 1.50 bits per heavy atom. The van der Waals surface area contributed by atoms with Gasteiger partial charge in [0.15, 0.2) is 5.69 Å². The summed E-state index contributed by atoms with van der Waals surface area (Å²) in [4.78, 5) is 6.64. The lowest BCUT2D eigenvalue weighted by atomic mass is 10.3. The molecular weight excluding hydrogens is 275 g/mol. The quantitative estimate of drug-likeness (QED) is 0.804. The molecule has 0 aromatic carbocycles. The Kier molecular flexibility index (Phi) is 5.12. The third-order valence-electron chi connectivity index (χ3n) is 1.87. The van der Waals surface area contributed by atoms with E-state index in [2.05, 4.69) is 20.0 Å². The first kappa shape index (κ1) is 14.9. The van der Waals surface area contributed by atoms with Crippen LogP contribution in [0.5, 0.6) is 0 Å². The molecule has 0 amide bonds. The molecular formula is C9H11ClF3N3O2. The third-order valence-corrected chi connectivity index (χ3v) is 2.04. The number of alkyl halides is 3. The van der Waals surface area contributed by atoms with Crippen molar-refractivity contribution in [2.75, 3.05) is 25.6 Å². The number of hydrogen-bond donors (Lipinski definition) is 2. The Morgan fingerprint density at radius 2 is 2.17 bits per heavy atom. The predicted octanol–water partition coefficient (Wildman–Crippen LogP) is 1.57. The van der Waals surface area contributed by atoms with E-state index in [1.807, 2.05) is 0 Å². The van der Waals surface area contributed by atoms with E-state index in [0.29, 0.717) is 6.07 Å². The number of nitrogens with one attached hydrogen (secondary N) is 1. The lowest BCUT2D eigenvalue weighted by Gasteiger charge is -2.12. The van der Waals surface area contributed by atoms with E-state index >= 15 is 0 Å². The van der Waals surface area contributed by atoms with Crippen molar-refractivity contribution in [1.29, 1.82) is 0 Å². The summed E-state index contributed by atoms with van der Waals surface area (Å²) in [7, 11) is 1.40. The molecule has 9 heteroatoms. The number of aliphatic hydroxyl groups excluding tert-OH is 1. The first-order valence-electron chi connectivity index (χ1n) is 4.85. The molecule has 2 N–H and O–H groups in total. The molecule has 1 unspecified atom stereocenters. The molecule has 0 spiro atoms. The molecule has 0 aliphatic carbocycles. The van der Waals surface area contributed by atoms with E-state index in [-0.39, 0.29) is 19.0 Å². The molecule has 0 aliphatic heterocycles.